The molecule has 1 saturated carbocycles. The van der Waals surface area contributed by atoms with Crippen LogP contribution in [0.3, 0.4) is 0 Å². The van der Waals surface area contributed by atoms with Crippen LogP contribution in [0.4, 0.5) is 0 Å². The summed E-state index contributed by atoms with van der Waals surface area (Å²) >= 11 is 8.69. The van der Waals surface area contributed by atoms with Crippen molar-refractivity contribution < 1.29 is 49.0 Å². The van der Waals surface area contributed by atoms with Gasteiger partial charge in [-0.15, -0.1) is 21.5 Å². The monoisotopic (exact) mass is 628 g/mol. The van der Waals surface area contributed by atoms with Crippen molar-refractivity contribution in [1.29, 1.82) is 0 Å². The Kier molecular flexibility index (Phi) is 13.3. The average Bonchev–Trinajstić information content (AvgIpc) is 3.35. The largest absolute Gasteiger partial charge is 0.214 e. The minimum absolute atomic E-state index is 0. The Morgan fingerprint density at radius 1 is 0.862 bits per heavy atom. The molecular formula is C24H22Br2Cl2Zr-2. The van der Waals surface area contributed by atoms with Crippen molar-refractivity contribution in [3.8, 4) is 11.1 Å². The van der Waals surface area contributed by atoms with Gasteiger partial charge in [0.15, 0.2) is 0 Å². The van der Waals surface area contributed by atoms with Crippen molar-refractivity contribution in [1.82, 2.24) is 0 Å². The molecule has 3 aromatic carbocycles. The van der Waals surface area contributed by atoms with Gasteiger partial charge in [-0.3, -0.25) is 0 Å². The van der Waals surface area contributed by atoms with Crippen LogP contribution in [0.2, 0.25) is 0 Å². The molecule has 0 atom stereocenters. The molecule has 0 nitrogen and oxygen atoms in total. The maximum atomic E-state index is 3.51. The van der Waals surface area contributed by atoms with Gasteiger partial charge in [-0.1, -0.05) is 38.1 Å². The number of halogens is 4. The van der Waals surface area contributed by atoms with Gasteiger partial charge in [0.05, 0.1) is 0 Å². The fourth-order valence-electron chi connectivity index (χ4n) is 3.33. The van der Waals surface area contributed by atoms with E-state index in [2.05, 4.69) is 62.2 Å². The molecule has 152 valence electrons. The molecule has 0 aliphatic heterocycles. The number of fused-ring (bicyclic) bond motifs is 3. The van der Waals surface area contributed by atoms with Gasteiger partial charge in [0.2, 0.25) is 0 Å². The first-order valence-corrected chi connectivity index (χ1v) is 12.2. The zero-order chi connectivity index (χ0) is 19.1. The van der Waals surface area contributed by atoms with Crippen LogP contribution in [0.1, 0.15) is 43.2 Å². The molecule has 0 N–H and O–H groups in total. The number of hydrogen-bond acceptors (Lipinski definition) is 0. The zero-order valence-electron chi connectivity index (χ0n) is 16.0. The summed E-state index contributed by atoms with van der Waals surface area (Å²) in [7, 11) is 0. The second-order valence-electron chi connectivity index (χ2n) is 6.81. The minimum Gasteiger partial charge on any atom is -0.214 e. The van der Waals surface area contributed by atoms with Gasteiger partial charge in [0.1, 0.15) is 0 Å². The number of benzene rings is 2. The molecule has 5 heteroatoms. The molecule has 2 aliphatic carbocycles. The maximum absolute atomic E-state index is 3.51. The van der Waals surface area contributed by atoms with Crippen molar-refractivity contribution >= 4 is 35.1 Å². The molecule has 0 unspecified atom stereocenters. The topological polar surface area (TPSA) is 0 Å². The van der Waals surface area contributed by atoms with E-state index < -0.39 is 0 Å². The van der Waals surface area contributed by atoms with Crippen LogP contribution in [-0.2, 0) is 30.7 Å². The first kappa shape index (κ1) is 27.1. The van der Waals surface area contributed by atoms with Gasteiger partial charge in [0.25, 0.3) is 0 Å². The summed E-state index contributed by atoms with van der Waals surface area (Å²) in [6.45, 7) is 0. The predicted molar refractivity (Wildman–Crippen MR) is 119 cm³/mol. The summed E-state index contributed by atoms with van der Waals surface area (Å²) in [4.78, 5) is 0. The molecular weight excluding hydrogens is 610 g/mol. The Bertz CT molecular complexity index is 817. The summed E-state index contributed by atoms with van der Waals surface area (Å²) in [5.74, 6) is 0. The second-order valence-corrected chi connectivity index (χ2v) is 10.4. The van der Waals surface area contributed by atoms with E-state index >= 15 is 0 Å². The first-order valence-electron chi connectivity index (χ1n) is 9.35. The van der Waals surface area contributed by atoms with Crippen LogP contribution in [0, 0.1) is 6.07 Å². The summed E-state index contributed by atoms with van der Waals surface area (Å²) in [5.41, 5.74) is 5.33. The van der Waals surface area contributed by atoms with Crippen LogP contribution >= 0.6 is 31.9 Å². The number of rotatable bonds is 0. The molecule has 0 amide bonds. The standard InChI is InChI=1S/C13H7Br2.C6H10.C5H5.2ClH.Zr/c14-10-3-1-8-5-9-2-4-11(15)7-13(9)12(8)6-10;1-2-4-6-5-3-1;1-2-4-5-3-1;;;/h1,3-4,6-7H,5H2;1-5H2;1-5H;2*1H;/q-1;;-1;;;+2/p-2. The Morgan fingerprint density at radius 2 is 1.52 bits per heavy atom. The molecule has 0 aromatic heterocycles. The van der Waals surface area contributed by atoms with Gasteiger partial charge in [-0.2, -0.15) is 42.0 Å². The van der Waals surface area contributed by atoms with Gasteiger partial charge < -0.3 is 24.8 Å². The van der Waals surface area contributed by atoms with Gasteiger partial charge in [-0.05, 0) is 18.1 Å². The van der Waals surface area contributed by atoms with Crippen LogP contribution in [0.15, 0.2) is 69.6 Å². The third-order valence-electron chi connectivity index (χ3n) is 4.73. The summed E-state index contributed by atoms with van der Waals surface area (Å²) in [5, 5.41) is 0. The fourth-order valence-corrected chi connectivity index (χ4v) is 4.90. The van der Waals surface area contributed by atoms with E-state index in [0.717, 1.165) is 15.4 Å². The van der Waals surface area contributed by atoms with Gasteiger partial charge in [0, 0.05) is 4.47 Å². The van der Waals surface area contributed by atoms with Crippen molar-refractivity contribution in [2.45, 2.75) is 38.5 Å². The van der Waals surface area contributed by atoms with Crippen LogP contribution in [0.25, 0.3) is 11.1 Å². The van der Waals surface area contributed by atoms with Crippen molar-refractivity contribution in [3.05, 3.63) is 86.8 Å². The second kappa shape index (κ2) is 14.2. The Labute approximate surface area is 218 Å². The first-order chi connectivity index (χ1) is 13.1. The van der Waals surface area contributed by atoms with E-state index in [1.807, 2.05) is 36.4 Å². The molecule has 1 fully saturated rings. The number of hydrogen-bond donors (Lipinski definition) is 0. The molecule has 2 aliphatic rings. The van der Waals surface area contributed by atoms with Crippen LogP contribution in [0.5, 0.6) is 0 Å². The maximum Gasteiger partial charge on any atom is -0.172 e. The van der Waals surface area contributed by atoms with Gasteiger partial charge >= 0.3 is 59.5 Å². The molecule has 0 saturated heterocycles. The van der Waals surface area contributed by atoms with E-state index in [1.165, 1.54) is 54.4 Å². The Balaban J connectivity index is 0.000000252. The summed E-state index contributed by atoms with van der Waals surface area (Å²) < 4.78 is 4.03. The Morgan fingerprint density at radius 3 is 2.07 bits per heavy atom. The smallest absolute Gasteiger partial charge is 0.172 e. The van der Waals surface area contributed by atoms with Gasteiger partial charge in [-0.25, -0.2) is 12.1 Å². The van der Waals surface area contributed by atoms with Crippen molar-refractivity contribution in [3.63, 3.8) is 0 Å². The van der Waals surface area contributed by atoms with Crippen LogP contribution in [-0.4, -0.2) is 3.21 Å². The van der Waals surface area contributed by atoms with Crippen molar-refractivity contribution in [2.24, 2.45) is 0 Å². The molecule has 0 bridgehead atoms. The van der Waals surface area contributed by atoms with Crippen molar-refractivity contribution in [2.75, 3.05) is 0 Å². The molecule has 0 heterocycles. The van der Waals surface area contributed by atoms with E-state index in [0.29, 0.717) is 0 Å². The molecule has 3 aromatic rings. The third-order valence-corrected chi connectivity index (χ3v) is 6.91. The Hall–Kier alpha value is 0.0831. The molecule has 0 spiro atoms. The summed E-state index contributed by atoms with van der Waals surface area (Å²) in [6, 6.07) is 23.9. The van der Waals surface area contributed by atoms with E-state index in [-0.39, 0.29) is 24.8 Å². The van der Waals surface area contributed by atoms with Crippen LogP contribution < -0.4 is 24.8 Å². The molecule has 5 rings (SSSR count). The van der Waals surface area contributed by atoms with E-state index in [1.54, 1.807) is 27.4 Å². The predicted octanol–water partition coefficient (Wildman–Crippen LogP) is 1.67. The summed E-state index contributed by atoms with van der Waals surface area (Å²) in [6.07, 6.45) is 8.32. The third kappa shape index (κ3) is 8.62. The minimum atomic E-state index is 0. The quantitative estimate of drug-likeness (QED) is 0.259. The normalized spacial score (nSPS) is 13.3. The molecule has 29 heavy (non-hydrogen) atoms. The average molecular weight is 632 g/mol. The fraction of sp³-hybridized carbons (Fsp3) is 0.250. The zero-order valence-corrected chi connectivity index (χ0v) is 23.2. The van der Waals surface area contributed by atoms with E-state index in [9.17, 15) is 0 Å². The SMILES string of the molecule is Brc1c[c-]c2c(c1)-c1cc(Br)ccc1C2.[Cl-].[Cl-].[Zr+2]=[C]1CCCCC1.c1cc[cH-]c1. The molecule has 0 radical (unpaired) electrons. The van der Waals surface area contributed by atoms with E-state index in [4.69, 9.17) is 0 Å².